The topological polar surface area (TPSA) is 26.0 Å². The summed E-state index contributed by atoms with van der Waals surface area (Å²) in [5, 5.41) is 0. The smallest absolute Gasteiger partial charge is 0.123 e. The number of halogens is 1. The van der Waals surface area contributed by atoms with E-state index in [4.69, 9.17) is 5.73 Å². The molecule has 0 heterocycles. The van der Waals surface area contributed by atoms with E-state index >= 15 is 0 Å². The Balaban J connectivity index is 2.42. The van der Waals surface area contributed by atoms with Gasteiger partial charge in [0.25, 0.3) is 0 Å². The predicted octanol–water partition coefficient (Wildman–Crippen LogP) is 3.36. The minimum absolute atomic E-state index is 0.118. The van der Waals surface area contributed by atoms with Gasteiger partial charge in [0.05, 0.1) is 0 Å². The van der Waals surface area contributed by atoms with Gasteiger partial charge in [0, 0.05) is 5.54 Å². The monoisotopic (exact) mass is 207 g/mol. The normalized spacial score (nSPS) is 12.3. The van der Waals surface area contributed by atoms with E-state index in [0.717, 1.165) is 18.4 Å². The molecular formula is C13H18FN. The molecule has 0 aliphatic rings. The van der Waals surface area contributed by atoms with Crippen molar-refractivity contribution < 1.29 is 4.39 Å². The van der Waals surface area contributed by atoms with Crippen molar-refractivity contribution in [3.05, 3.63) is 41.7 Å². The molecule has 82 valence electrons. The van der Waals surface area contributed by atoms with Crippen LogP contribution in [0, 0.1) is 5.82 Å². The molecule has 0 amide bonds. The maximum absolute atomic E-state index is 12.6. The molecule has 0 atom stereocenters. The van der Waals surface area contributed by atoms with E-state index in [9.17, 15) is 4.39 Å². The second-order valence-corrected chi connectivity index (χ2v) is 4.48. The zero-order valence-electron chi connectivity index (χ0n) is 9.33. The summed E-state index contributed by atoms with van der Waals surface area (Å²) < 4.78 is 12.6. The van der Waals surface area contributed by atoms with E-state index in [1.165, 1.54) is 12.1 Å². The maximum Gasteiger partial charge on any atom is 0.123 e. The van der Waals surface area contributed by atoms with Crippen LogP contribution in [0.25, 0.3) is 6.08 Å². The van der Waals surface area contributed by atoms with E-state index in [-0.39, 0.29) is 11.4 Å². The summed E-state index contributed by atoms with van der Waals surface area (Å²) in [5.74, 6) is -0.199. The molecule has 0 saturated heterocycles. The van der Waals surface area contributed by atoms with Gasteiger partial charge in [-0.1, -0.05) is 24.3 Å². The Morgan fingerprint density at radius 2 is 1.87 bits per heavy atom. The zero-order valence-corrected chi connectivity index (χ0v) is 9.33. The van der Waals surface area contributed by atoms with Gasteiger partial charge in [-0.15, -0.1) is 0 Å². The highest BCUT2D eigenvalue weighted by Gasteiger charge is 2.07. The molecule has 0 aliphatic carbocycles. The fraction of sp³-hybridized carbons (Fsp3) is 0.385. The van der Waals surface area contributed by atoms with E-state index in [2.05, 4.69) is 6.08 Å². The standard InChI is InChI=1S/C13H18FN/c1-13(2,15)10-4-3-5-11-6-8-12(14)9-7-11/h3,5-9H,4,10,15H2,1-2H3/b5-3+. The molecule has 2 heteroatoms. The lowest BCUT2D eigenvalue weighted by Gasteiger charge is -2.16. The molecule has 15 heavy (non-hydrogen) atoms. The molecule has 0 fully saturated rings. The van der Waals surface area contributed by atoms with Gasteiger partial charge in [0.15, 0.2) is 0 Å². The minimum Gasteiger partial charge on any atom is -0.326 e. The molecule has 1 aromatic carbocycles. The largest absolute Gasteiger partial charge is 0.326 e. The van der Waals surface area contributed by atoms with Crippen LogP contribution in [0.2, 0.25) is 0 Å². The van der Waals surface area contributed by atoms with Crippen LogP contribution in [-0.2, 0) is 0 Å². The van der Waals surface area contributed by atoms with Crippen LogP contribution in [-0.4, -0.2) is 5.54 Å². The van der Waals surface area contributed by atoms with Gasteiger partial charge in [-0.3, -0.25) is 0 Å². The summed E-state index contributed by atoms with van der Waals surface area (Å²) >= 11 is 0. The molecule has 0 radical (unpaired) electrons. The Labute approximate surface area is 90.8 Å². The van der Waals surface area contributed by atoms with Gasteiger partial charge in [0.1, 0.15) is 5.82 Å². The van der Waals surface area contributed by atoms with Crippen molar-refractivity contribution in [1.82, 2.24) is 0 Å². The van der Waals surface area contributed by atoms with Crippen molar-refractivity contribution in [3.8, 4) is 0 Å². The van der Waals surface area contributed by atoms with Gasteiger partial charge >= 0.3 is 0 Å². The highest BCUT2D eigenvalue weighted by atomic mass is 19.1. The lowest BCUT2D eigenvalue weighted by molar-refractivity contribution is 0.482. The summed E-state index contributed by atoms with van der Waals surface area (Å²) in [6, 6.07) is 6.46. The van der Waals surface area contributed by atoms with Crippen LogP contribution in [0.4, 0.5) is 4.39 Å². The Bertz CT molecular complexity index is 319. The fourth-order valence-electron chi connectivity index (χ4n) is 1.25. The molecule has 2 N–H and O–H groups in total. The summed E-state index contributed by atoms with van der Waals surface area (Å²) in [6.45, 7) is 4.03. The van der Waals surface area contributed by atoms with Gasteiger partial charge in [-0.25, -0.2) is 4.39 Å². The molecule has 0 aromatic heterocycles. The first-order valence-corrected chi connectivity index (χ1v) is 5.18. The van der Waals surface area contributed by atoms with Crippen LogP contribution in [0.3, 0.4) is 0 Å². The van der Waals surface area contributed by atoms with Crippen LogP contribution in [0.1, 0.15) is 32.3 Å². The van der Waals surface area contributed by atoms with Crippen LogP contribution < -0.4 is 5.73 Å². The first-order chi connectivity index (χ1) is 6.97. The van der Waals surface area contributed by atoms with E-state index in [0.29, 0.717) is 0 Å². The Morgan fingerprint density at radius 1 is 1.27 bits per heavy atom. The molecular weight excluding hydrogens is 189 g/mol. The highest BCUT2D eigenvalue weighted by Crippen LogP contribution is 2.10. The number of benzene rings is 1. The van der Waals surface area contributed by atoms with E-state index < -0.39 is 0 Å². The van der Waals surface area contributed by atoms with Crippen LogP contribution in [0.5, 0.6) is 0 Å². The zero-order chi connectivity index (χ0) is 11.3. The van der Waals surface area contributed by atoms with Crippen molar-refractivity contribution in [2.24, 2.45) is 5.73 Å². The Kier molecular flexibility index (Phi) is 4.04. The molecule has 0 spiro atoms. The third kappa shape index (κ3) is 5.33. The Morgan fingerprint density at radius 3 is 2.40 bits per heavy atom. The summed E-state index contributed by atoms with van der Waals surface area (Å²) in [5.41, 5.74) is 6.75. The van der Waals surface area contributed by atoms with Gasteiger partial charge in [0.2, 0.25) is 0 Å². The number of hydrogen-bond donors (Lipinski definition) is 1. The number of nitrogens with two attached hydrogens (primary N) is 1. The van der Waals surface area contributed by atoms with Crippen LogP contribution in [0.15, 0.2) is 30.3 Å². The molecule has 0 unspecified atom stereocenters. The first-order valence-electron chi connectivity index (χ1n) is 5.18. The van der Waals surface area contributed by atoms with Crippen molar-refractivity contribution in [2.75, 3.05) is 0 Å². The molecule has 0 bridgehead atoms. The fourth-order valence-corrected chi connectivity index (χ4v) is 1.25. The number of allylic oxidation sites excluding steroid dienone is 1. The third-order valence-electron chi connectivity index (χ3n) is 2.14. The second kappa shape index (κ2) is 5.08. The number of rotatable bonds is 4. The quantitative estimate of drug-likeness (QED) is 0.805. The minimum atomic E-state index is -0.199. The SMILES string of the molecule is CC(C)(N)CC/C=C/c1ccc(F)cc1. The van der Waals surface area contributed by atoms with Gasteiger partial charge < -0.3 is 5.73 Å². The first kappa shape index (κ1) is 11.9. The third-order valence-corrected chi connectivity index (χ3v) is 2.14. The van der Waals surface area contributed by atoms with Crippen molar-refractivity contribution in [3.63, 3.8) is 0 Å². The van der Waals surface area contributed by atoms with Crippen molar-refractivity contribution >= 4 is 6.08 Å². The van der Waals surface area contributed by atoms with Crippen LogP contribution >= 0.6 is 0 Å². The highest BCUT2D eigenvalue weighted by molar-refractivity contribution is 5.48. The Hall–Kier alpha value is -1.15. The van der Waals surface area contributed by atoms with Crippen molar-refractivity contribution in [2.45, 2.75) is 32.2 Å². The predicted molar refractivity (Wildman–Crippen MR) is 62.9 cm³/mol. The number of hydrogen-bond acceptors (Lipinski definition) is 1. The average molecular weight is 207 g/mol. The second-order valence-electron chi connectivity index (χ2n) is 4.48. The summed E-state index contributed by atoms with van der Waals surface area (Å²) in [7, 11) is 0. The molecule has 0 saturated carbocycles. The molecule has 1 nitrogen and oxygen atoms in total. The van der Waals surface area contributed by atoms with Gasteiger partial charge in [-0.2, -0.15) is 0 Å². The van der Waals surface area contributed by atoms with Gasteiger partial charge in [-0.05, 0) is 44.4 Å². The van der Waals surface area contributed by atoms with Crippen molar-refractivity contribution in [1.29, 1.82) is 0 Å². The lowest BCUT2D eigenvalue weighted by Crippen LogP contribution is -2.31. The lowest BCUT2D eigenvalue weighted by atomic mass is 10.00. The molecule has 1 rings (SSSR count). The average Bonchev–Trinajstić information content (AvgIpc) is 2.14. The maximum atomic E-state index is 12.6. The molecule has 1 aromatic rings. The molecule has 0 aliphatic heterocycles. The summed E-state index contributed by atoms with van der Waals surface area (Å²) in [6.07, 6.45) is 5.96. The summed E-state index contributed by atoms with van der Waals surface area (Å²) in [4.78, 5) is 0. The van der Waals surface area contributed by atoms with E-state index in [1.54, 1.807) is 12.1 Å². The van der Waals surface area contributed by atoms with E-state index in [1.807, 2.05) is 19.9 Å².